The Kier molecular flexibility index (Phi) is 11.1. The van der Waals surface area contributed by atoms with E-state index in [2.05, 4.69) is 0 Å². The second-order valence-electron chi connectivity index (χ2n) is 7.16. The molecule has 0 aromatic rings. The minimum atomic E-state index is -0.718. The van der Waals surface area contributed by atoms with Gasteiger partial charge in [-0.25, -0.2) is 0 Å². The highest BCUT2D eigenvalue weighted by molar-refractivity contribution is 8.00. The highest BCUT2D eigenvalue weighted by atomic mass is 32.2. The van der Waals surface area contributed by atoms with Gasteiger partial charge in [0.15, 0.2) is 0 Å². The van der Waals surface area contributed by atoms with E-state index in [4.69, 9.17) is 10.2 Å². The highest BCUT2D eigenvalue weighted by Crippen LogP contribution is 2.25. The summed E-state index contributed by atoms with van der Waals surface area (Å²) in [6.45, 7) is 7.12. The molecule has 4 nitrogen and oxygen atoms in total. The zero-order valence-electron chi connectivity index (χ0n) is 14.9. The zero-order valence-corrected chi connectivity index (χ0v) is 16.5. The quantitative estimate of drug-likeness (QED) is 0.438. The van der Waals surface area contributed by atoms with Crippen LogP contribution in [0.3, 0.4) is 0 Å². The summed E-state index contributed by atoms with van der Waals surface area (Å²) in [5.74, 6) is 2.83. The van der Waals surface area contributed by atoms with Crippen molar-refractivity contribution in [2.75, 3.05) is 23.0 Å². The first kappa shape index (κ1) is 22.6. The smallest absolute Gasteiger partial charge is 0.309 e. The third kappa shape index (κ3) is 10.9. The molecular formula is C17H32O4S2. The van der Waals surface area contributed by atoms with Crippen molar-refractivity contribution in [2.24, 2.45) is 10.8 Å². The molecule has 0 rings (SSSR count). The number of rotatable bonds is 14. The first-order valence-corrected chi connectivity index (χ1v) is 10.5. The monoisotopic (exact) mass is 364 g/mol. The molecule has 0 saturated carbocycles. The molecule has 6 heteroatoms. The Hall–Kier alpha value is -0.360. The third-order valence-corrected chi connectivity index (χ3v) is 6.23. The molecule has 0 aromatic heterocycles. The van der Waals surface area contributed by atoms with Crippen LogP contribution >= 0.6 is 23.5 Å². The molecule has 0 unspecified atom stereocenters. The first-order valence-electron chi connectivity index (χ1n) is 8.22. The molecule has 0 saturated heterocycles. The standard InChI is InChI=1S/C17H32O4S2/c1-16(2,14(18)19)8-5-10-22-12-7-13-23-11-6-9-17(3,4)15(20)21/h5-13H2,1-4H3,(H,18,19)(H,20,21). The molecule has 0 aromatic carbocycles. The van der Waals surface area contributed by atoms with E-state index in [0.29, 0.717) is 0 Å². The van der Waals surface area contributed by atoms with Crippen LogP contribution in [0, 0.1) is 10.8 Å². The number of carboxylic acid groups (broad SMARTS) is 2. The van der Waals surface area contributed by atoms with Crippen molar-refractivity contribution < 1.29 is 19.8 Å². The topological polar surface area (TPSA) is 74.6 Å². The maximum atomic E-state index is 11.0. The number of aliphatic carboxylic acids is 2. The molecule has 0 atom stereocenters. The maximum Gasteiger partial charge on any atom is 0.309 e. The van der Waals surface area contributed by atoms with Gasteiger partial charge in [-0.1, -0.05) is 0 Å². The van der Waals surface area contributed by atoms with Gasteiger partial charge in [0.2, 0.25) is 0 Å². The Bertz CT molecular complexity index is 334. The Labute approximate surface area is 149 Å². The van der Waals surface area contributed by atoms with E-state index in [1.54, 1.807) is 27.7 Å². The van der Waals surface area contributed by atoms with Crippen LogP contribution in [0.1, 0.15) is 59.8 Å². The SMILES string of the molecule is CC(C)(CCCSCCCSCCCC(C)(C)C(=O)O)C(=O)O. The van der Waals surface area contributed by atoms with E-state index in [-0.39, 0.29) is 0 Å². The molecule has 136 valence electrons. The highest BCUT2D eigenvalue weighted by Gasteiger charge is 2.26. The van der Waals surface area contributed by atoms with Crippen LogP contribution in [0.2, 0.25) is 0 Å². The molecule has 23 heavy (non-hydrogen) atoms. The summed E-state index contributed by atoms with van der Waals surface area (Å²) in [7, 11) is 0. The van der Waals surface area contributed by atoms with Crippen LogP contribution in [-0.4, -0.2) is 45.2 Å². The van der Waals surface area contributed by atoms with Crippen LogP contribution in [-0.2, 0) is 9.59 Å². The van der Waals surface area contributed by atoms with E-state index in [0.717, 1.165) is 55.1 Å². The number of hydrogen-bond donors (Lipinski definition) is 2. The summed E-state index contributed by atoms with van der Waals surface area (Å²) in [6.07, 6.45) is 4.50. The average molecular weight is 365 g/mol. The molecule has 0 bridgehead atoms. The maximum absolute atomic E-state index is 11.0. The summed E-state index contributed by atoms with van der Waals surface area (Å²) in [5.41, 5.74) is -1.22. The Balaban J connectivity index is 3.41. The molecule has 0 aliphatic heterocycles. The largest absolute Gasteiger partial charge is 0.481 e. The molecule has 0 aliphatic carbocycles. The van der Waals surface area contributed by atoms with E-state index >= 15 is 0 Å². The fraction of sp³-hybridized carbons (Fsp3) is 0.882. The Morgan fingerprint density at radius 1 is 0.696 bits per heavy atom. The minimum Gasteiger partial charge on any atom is -0.481 e. The van der Waals surface area contributed by atoms with Gasteiger partial charge in [0.05, 0.1) is 10.8 Å². The molecular weight excluding hydrogens is 332 g/mol. The van der Waals surface area contributed by atoms with Gasteiger partial charge < -0.3 is 10.2 Å². The van der Waals surface area contributed by atoms with Crippen LogP contribution in [0.4, 0.5) is 0 Å². The average Bonchev–Trinajstić information content (AvgIpc) is 2.44. The summed E-state index contributed by atoms with van der Waals surface area (Å²) >= 11 is 3.79. The van der Waals surface area contributed by atoms with Gasteiger partial charge in [0.1, 0.15) is 0 Å². The van der Waals surface area contributed by atoms with Gasteiger partial charge in [-0.2, -0.15) is 23.5 Å². The fourth-order valence-electron chi connectivity index (χ4n) is 1.91. The van der Waals surface area contributed by atoms with Crippen molar-refractivity contribution in [3.05, 3.63) is 0 Å². The predicted molar refractivity (Wildman–Crippen MR) is 101 cm³/mol. The predicted octanol–water partition coefficient (Wildman–Crippen LogP) is 4.62. The van der Waals surface area contributed by atoms with Gasteiger partial charge in [0, 0.05) is 0 Å². The van der Waals surface area contributed by atoms with Gasteiger partial charge >= 0.3 is 11.9 Å². The summed E-state index contributed by atoms with van der Waals surface area (Å²) in [5, 5.41) is 18.0. The lowest BCUT2D eigenvalue weighted by Gasteiger charge is -2.18. The third-order valence-electron chi connectivity index (χ3n) is 3.92. The number of carboxylic acids is 2. The lowest BCUT2D eigenvalue weighted by molar-refractivity contribution is -0.148. The second kappa shape index (κ2) is 11.2. The molecule has 0 radical (unpaired) electrons. The summed E-state index contributed by atoms with van der Waals surface area (Å²) in [4.78, 5) is 21.9. The first-order chi connectivity index (χ1) is 10.6. The molecule has 0 spiro atoms. The molecule has 0 aliphatic rings. The van der Waals surface area contributed by atoms with E-state index in [1.807, 2.05) is 23.5 Å². The van der Waals surface area contributed by atoms with Crippen molar-refractivity contribution in [3.8, 4) is 0 Å². The lowest BCUT2D eigenvalue weighted by Crippen LogP contribution is -2.23. The van der Waals surface area contributed by atoms with Crippen LogP contribution in [0.25, 0.3) is 0 Å². The Morgan fingerprint density at radius 3 is 1.30 bits per heavy atom. The van der Waals surface area contributed by atoms with Gasteiger partial charge in [0.25, 0.3) is 0 Å². The fourth-order valence-corrected chi connectivity index (χ4v) is 3.90. The van der Waals surface area contributed by atoms with Crippen molar-refractivity contribution in [1.82, 2.24) is 0 Å². The van der Waals surface area contributed by atoms with Gasteiger partial charge in [-0.05, 0) is 82.8 Å². The minimum absolute atomic E-state index is 0.611. The zero-order chi connectivity index (χ0) is 17.9. The molecule has 0 heterocycles. The Morgan fingerprint density at radius 2 is 1.00 bits per heavy atom. The normalized spacial score (nSPS) is 12.3. The van der Waals surface area contributed by atoms with Crippen molar-refractivity contribution >= 4 is 35.5 Å². The second-order valence-corrected chi connectivity index (χ2v) is 9.61. The molecule has 0 amide bonds. The van der Waals surface area contributed by atoms with Crippen molar-refractivity contribution in [1.29, 1.82) is 0 Å². The summed E-state index contributed by atoms with van der Waals surface area (Å²) in [6, 6.07) is 0. The lowest BCUT2D eigenvalue weighted by atomic mass is 9.88. The van der Waals surface area contributed by atoms with Gasteiger partial charge in [-0.3, -0.25) is 9.59 Å². The van der Waals surface area contributed by atoms with Crippen LogP contribution in [0.15, 0.2) is 0 Å². The van der Waals surface area contributed by atoms with E-state index in [9.17, 15) is 9.59 Å². The summed E-state index contributed by atoms with van der Waals surface area (Å²) < 4.78 is 0. The molecule has 2 N–H and O–H groups in total. The van der Waals surface area contributed by atoms with Crippen LogP contribution in [0.5, 0.6) is 0 Å². The number of carbonyl (C=O) groups is 2. The number of hydrogen-bond acceptors (Lipinski definition) is 4. The van der Waals surface area contributed by atoms with Crippen molar-refractivity contribution in [3.63, 3.8) is 0 Å². The number of thioether (sulfide) groups is 2. The van der Waals surface area contributed by atoms with Gasteiger partial charge in [-0.15, -0.1) is 0 Å². The molecule has 0 fully saturated rings. The van der Waals surface area contributed by atoms with Crippen LogP contribution < -0.4 is 0 Å². The van der Waals surface area contributed by atoms with E-state index < -0.39 is 22.8 Å². The van der Waals surface area contributed by atoms with Crippen molar-refractivity contribution in [2.45, 2.75) is 59.8 Å². The van der Waals surface area contributed by atoms with E-state index in [1.165, 1.54) is 0 Å².